The molecule has 0 N–H and O–H groups in total. The molecule has 0 fully saturated rings. The van der Waals surface area contributed by atoms with Crippen molar-refractivity contribution in [2.75, 3.05) is 0 Å². The van der Waals surface area contributed by atoms with Crippen LogP contribution in [0.15, 0.2) is 22.8 Å². The summed E-state index contributed by atoms with van der Waals surface area (Å²) in [6.07, 6.45) is 6.08. The molecule has 0 nitrogen and oxygen atoms in total. The van der Waals surface area contributed by atoms with Crippen molar-refractivity contribution in [3.63, 3.8) is 0 Å². The van der Waals surface area contributed by atoms with Crippen molar-refractivity contribution >= 4 is 7.28 Å². The van der Waals surface area contributed by atoms with E-state index in [9.17, 15) is 0 Å². The zero-order valence-electron chi connectivity index (χ0n) is 9.35. The smallest absolute Gasteiger partial charge is 0.0831 e. The summed E-state index contributed by atoms with van der Waals surface area (Å²) < 4.78 is 0. The Bertz CT molecular complexity index is 236. The minimum Gasteiger partial charge on any atom is -0.0831 e. The van der Waals surface area contributed by atoms with Crippen LogP contribution >= 0.6 is 0 Å². The average Bonchev–Trinajstić information content (AvgIpc) is 2.13. The van der Waals surface area contributed by atoms with Crippen molar-refractivity contribution in [1.82, 2.24) is 0 Å². The fourth-order valence-corrected chi connectivity index (χ4v) is 1.91. The Morgan fingerprint density at radius 1 is 1.38 bits per heavy atom. The molecule has 1 aliphatic carbocycles. The summed E-state index contributed by atoms with van der Waals surface area (Å²) in [5.41, 5.74) is 4.59. The molecule has 1 radical (unpaired) electrons. The quantitative estimate of drug-likeness (QED) is 0.571. The molecule has 1 unspecified atom stereocenters. The Labute approximate surface area is 83.4 Å². The molecule has 0 heterocycles. The van der Waals surface area contributed by atoms with Crippen LogP contribution in [0.3, 0.4) is 0 Å². The third kappa shape index (κ3) is 2.49. The van der Waals surface area contributed by atoms with Gasteiger partial charge in [0.15, 0.2) is 0 Å². The van der Waals surface area contributed by atoms with Crippen LogP contribution in [0.1, 0.15) is 34.1 Å². The van der Waals surface area contributed by atoms with Crippen LogP contribution < -0.4 is 0 Å². The maximum atomic E-state index is 2.40. The molecule has 13 heavy (non-hydrogen) atoms. The first-order valence-electron chi connectivity index (χ1n) is 5.33. The molecule has 0 aromatic heterocycles. The second-order valence-corrected chi connectivity index (χ2v) is 4.06. The summed E-state index contributed by atoms with van der Waals surface area (Å²) in [6, 6.07) is 0. The van der Waals surface area contributed by atoms with Gasteiger partial charge < -0.3 is 0 Å². The van der Waals surface area contributed by atoms with Crippen molar-refractivity contribution in [2.24, 2.45) is 5.92 Å². The van der Waals surface area contributed by atoms with E-state index in [0.29, 0.717) is 0 Å². The summed E-state index contributed by atoms with van der Waals surface area (Å²) in [4.78, 5) is 0. The van der Waals surface area contributed by atoms with Gasteiger partial charge in [-0.3, -0.25) is 0 Å². The minimum absolute atomic E-state index is 0.781. The highest BCUT2D eigenvalue weighted by molar-refractivity contribution is 6.35. The normalized spacial score (nSPS) is 23.1. The first-order valence-corrected chi connectivity index (χ1v) is 5.33. The van der Waals surface area contributed by atoms with E-state index < -0.39 is 0 Å². The van der Waals surface area contributed by atoms with Crippen molar-refractivity contribution in [2.45, 2.75) is 46.8 Å². The Morgan fingerprint density at radius 3 is 2.69 bits per heavy atom. The molecule has 0 amide bonds. The molecule has 0 spiro atoms. The van der Waals surface area contributed by atoms with Gasteiger partial charge >= 0.3 is 0 Å². The molecule has 1 atom stereocenters. The van der Waals surface area contributed by atoms with Crippen LogP contribution in [0.2, 0.25) is 12.6 Å². The SMILES string of the molecule is CC[B]CC1CC=C(C)C(C)=C1C. The monoisotopic (exact) mass is 175 g/mol. The van der Waals surface area contributed by atoms with Crippen molar-refractivity contribution in [3.05, 3.63) is 22.8 Å². The van der Waals surface area contributed by atoms with Crippen LogP contribution in [-0.2, 0) is 0 Å². The van der Waals surface area contributed by atoms with Crippen molar-refractivity contribution in [1.29, 1.82) is 0 Å². The molecule has 1 rings (SSSR count). The van der Waals surface area contributed by atoms with Crippen LogP contribution in [0, 0.1) is 5.92 Å². The lowest BCUT2D eigenvalue weighted by Crippen LogP contribution is -2.10. The van der Waals surface area contributed by atoms with E-state index in [-0.39, 0.29) is 0 Å². The van der Waals surface area contributed by atoms with Crippen LogP contribution in [0.5, 0.6) is 0 Å². The standard InChI is InChI=1S/C12H20B/c1-5-13-8-12-7-6-9(2)10(3)11(12)4/h6,12H,5,7-8H2,1-4H3. The maximum absolute atomic E-state index is 2.40. The van der Waals surface area contributed by atoms with Crippen LogP contribution in [-0.4, -0.2) is 7.28 Å². The average molecular weight is 175 g/mol. The number of rotatable bonds is 3. The van der Waals surface area contributed by atoms with Crippen LogP contribution in [0.25, 0.3) is 0 Å². The van der Waals surface area contributed by atoms with Gasteiger partial charge in [-0.05, 0) is 38.7 Å². The second kappa shape index (κ2) is 4.69. The topological polar surface area (TPSA) is 0 Å². The van der Waals surface area contributed by atoms with Gasteiger partial charge in [-0.2, -0.15) is 0 Å². The van der Waals surface area contributed by atoms with Gasteiger partial charge in [0.2, 0.25) is 0 Å². The summed E-state index contributed by atoms with van der Waals surface area (Å²) in [6.45, 7) is 8.98. The van der Waals surface area contributed by atoms with Gasteiger partial charge in [0, 0.05) is 0 Å². The summed E-state index contributed by atoms with van der Waals surface area (Å²) in [7, 11) is 2.40. The molecule has 71 valence electrons. The zero-order valence-corrected chi connectivity index (χ0v) is 9.35. The highest BCUT2D eigenvalue weighted by Crippen LogP contribution is 2.31. The lowest BCUT2D eigenvalue weighted by Gasteiger charge is -2.23. The Balaban J connectivity index is 2.63. The molecule has 0 bridgehead atoms. The maximum Gasteiger partial charge on any atom is 0.109 e. The molecule has 0 saturated carbocycles. The predicted octanol–water partition coefficient (Wildman–Crippen LogP) is 3.85. The highest BCUT2D eigenvalue weighted by Gasteiger charge is 2.16. The van der Waals surface area contributed by atoms with Gasteiger partial charge in [0.1, 0.15) is 7.28 Å². The van der Waals surface area contributed by atoms with E-state index in [2.05, 4.69) is 41.1 Å². The molecule has 1 aliphatic rings. The van der Waals surface area contributed by atoms with E-state index in [0.717, 1.165) is 5.92 Å². The Hall–Kier alpha value is -0.455. The van der Waals surface area contributed by atoms with Gasteiger partial charge in [-0.1, -0.05) is 36.8 Å². The summed E-state index contributed by atoms with van der Waals surface area (Å²) in [5.74, 6) is 0.781. The molecule has 0 aromatic rings. The van der Waals surface area contributed by atoms with E-state index in [1.165, 1.54) is 30.2 Å². The van der Waals surface area contributed by atoms with Crippen molar-refractivity contribution in [3.8, 4) is 0 Å². The third-order valence-electron chi connectivity index (χ3n) is 3.24. The second-order valence-electron chi connectivity index (χ2n) is 4.06. The molecule has 0 saturated heterocycles. The highest BCUT2D eigenvalue weighted by atomic mass is 14.2. The number of hydrogen-bond donors (Lipinski definition) is 0. The molecule has 0 aromatic carbocycles. The third-order valence-corrected chi connectivity index (χ3v) is 3.24. The van der Waals surface area contributed by atoms with E-state index >= 15 is 0 Å². The Morgan fingerprint density at radius 2 is 2.08 bits per heavy atom. The predicted molar refractivity (Wildman–Crippen MR) is 61.3 cm³/mol. The largest absolute Gasteiger partial charge is 0.109 e. The van der Waals surface area contributed by atoms with Gasteiger partial charge in [-0.25, -0.2) is 0 Å². The minimum atomic E-state index is 0.781. The number of allylic oxidation sites excluding steroid dienone is 4. The molecule has 0 aliphatic heterocycles. The molecular formula is C12H20B. The van der Waals surface area contributed by atoms with E-state index in [1.807, 2.05) is 0 Å². The zero-order chi connectivity index (χ0) is 9.84. The van der Waals surface area contributed by atoms with Gasteiger partial charge in [0.25, 0.3) is 0 Å². The summed E-state index contributed by atoms with van der Waals surface area (Å²) in [5, 5.41) is 0. The molecule has 1 heteroatoms. The van der Waals surface area contributed by atoms with Crippen LogP contribution in [0.4, 0.5) is 0 Å². The van der Waals surface area contributed by atoms with E-state index in [4.69, 9.17) is 0 Å². The fourth-order valence-electron chi connectivity index (χ4n) is 1.91. The first kappa shape index (κ1) is 10.6. The molecular weight excluding hydrogens is 155 g/mol. The first-order chi connectivity index (χ1) is 6.16. The van der Waals surface area contributed by atoms with Crippen molar-refractivity contribution < 1.29 is 0 Å². The Kier molecular flexibility index (Phi) is 3.83. The van der Waals surface area contributed by atoms with E-state index in [1.54, 1.807) is 5.57 Å². The lowest BCUT2D eigenvalue weighted by molar-refractivity contribution is 0.666. The lowest BCUT2D eigenvalue weighted by atomic mass is 9.64. The van der Waals surface area contributed by atoms with Gasteiger partial charge in [0.05, 0.1) is 0 Å². The summed E-state index contributed by atoms with van der Waals surface area (Å²) >= 11 is 0. The van der Waals surface area contributed by atoms with Gasteiger partial charge in [-0.15, -0.1) is 0 Å². The number of hydrogen-bond acceptors (Lipinski definition) is 0. The fraction of sp³-hybridized carbons (Fsp3) is 0.667.